The fourth-order valence-corrected chi connectivity index (χ4v) is 1.98. The summed E-state index contributed by atoms with van der Waals surface area (Å²) in [7, 11) is -3.91. The van der Waals surface area contributed by atoms with E-state index in [1.54, 1.807) is 6.07 Å². The van der Waals surface area contributed by atoms with Crippen LogP contribution in [0.5, 0.6) is 0 Å². The second-order valence-corrected chi connectivity index (χ2v) is 4.75. The molecule has 4 heteroatoms. The van der Waals surface area contributed by atoms with Crippen LogP contribution in [0.1, 0.15) is 24.5 Å². The molecule has 3 nitrogen and oxygen atoms in total. The van der Waals surface area contributed by atoms with E-state index in [1.165, 1.54) is 0 Å². The lowest BCUT2D eigenvalue weighted by atomic mass is 10.1. The Morgan fingerprint density at radius 1 is 1.29 bits per heavy atom. The third kappa shape index (κ3) is 3.89. The minimum Gasteiger partial charge on any atom is -0.285 e. The second-order valence-electron chi connectivity index (χ2n) is 3.30. The molecule has 14 heavy (non-hydrogen) atoms. The first-order valence-corrected chi connectivity index (χ1v) is 6.15. The molecular formula is C10H14O3S. The molecule has 0 heterocycles. The van der Waals surface area contributed by atoms with Crippen molar-refractivity contribution in [2.24, 2.45) is 0 Å². The fraction of sp³-hybridized carbons (Fsp3) is 0.400. The van der Waals surface area contributed by atoms with Crippen molar-refractivity contribution in [2.45, 2.75) is 25.5 Å². The third-order valence-corrected chi connectivity index (χ3v) is 2.58. The fourth-order valence-electron chi connectivity index (χ4n) is 1.37. The van der Waals surface area contributed by atoms with E-state index in [0.29, 0.717) is 5.56 Å². The highest BCUT2D eigenvalue weighted by atomic mass is 32.2. The molecule has 1 rings (SSSR count). The van der Waals surface area contributed by atoms with E-state index < -0.39 is 10.1 Å². The van der Waals surface area contributed by atoms with Crippen molar-refractivity contribution in [2.75, 3.05) is 0 Å². The molecule has 0 saturated heterocycles. The Labute approximate surface area is 84.5 Å². The first-order chi connectivity index (χ1) is 6.51. The predicted molar refractivity (Wildman–Crippen MR) is 55.7 cm³/mol. The van der Waals surface area contributed by atoms with Gasteiger partial charge in [0.25, 0.3) is 10.1 Å². The molecule has 0 aliphatic rings. The first kappa shape index (κ1) is 11.2. The van der Waals surface area contributed by atoms with Crippen LogP contribution in [0.25, 0.3) is 0 Å². The summed E-state index contributed by atoms with van der Waals surface area (Å²) in [6.07, 6.45) is 1.95. The molecule has 0 atom stereocenters. The molecule has 1 N–H and O–H groups in total. The second kappa shape index (κ2) is 4.57. The minimum absolute atomic E-state index is 0.301. The maximum atomic E-state index is 10.6. The summed E-state index contributed by atoms with van der Waals surface area (Å²) in [5.74, 6) is -0.301. The van der Waals surface area contributed by atoms with Gasteiger partial charge in [-0.1, -0.05) is 37.6 Å². The molecule has 0 amide bonds. The van der Waals surface area contributed by atoms with Gasteiger partial charge in [0, 0.05) is 0 Å². The first-order valence-electron chi connectivity index (χ1n) is 4.54. The molecule has 1 aromatic rings. The van der Waals surface area contributed by atoms with Gasteiger partial charge in [-0.25, -0.2) is 0 Å². The van der Waals surface area contributed by atoms with Crippen LogP contribution >= 0.6 is 0 Å². The third-order valence-electron chi connectivity index (χ3n) is 1.88. The topological polar surface area (TPSA) is 54.4 Å². The van der Waals surface area contributed by atoms with Gasteiger partial charge in [-0.05, 0) is 17.5 Å². The molecular weight excluding hydrogens is 200 g/mol. The minimum atomic E-state index is -3.91. The van der Waals surface area contributed by atoms with Gasteiger partial charge in [0.2, 0.25) is 0 Å². The summed E-state index contributed by atoms with van der Waals surface area (Å²) in [5, 5.41) is 0. The van der Waals surface area contributed by atoms with Crippen molar-refractivity contribution in [3.8, 4) is 0 Å². The average molecular weight is 214 g/mol. The van der Waals surface area contributed by atoms with Crippen molar-refractivity contribution in [3.63, 3.8) is 0 Å². The average Bonchev–Trinajstić information content (AvgIpc) is 2.02. The molecule has 78 valence electrons. The number of hydrogen-bond acceptors (Lipinski definition) is 2. The molecule has 1 aromatic carbocycles. The largest absolute Gasteiger partial charge is 0.285 e. The molecule has 0 spiro atoms. The maximum absolute atomic E-state index is 10.6. The zero-order valence-electron chi connectivity index (χ0n) is 8.10. The van der Waals surface area contributed by atoms with Crippen LogP contribution in [0.2, 0.25) is 0 Å². The lowest BCUT2D eigenvalue weighted by Crippen LogP contribution is -2.01. The summed E-state index contributed by atoms with van der Waals surface area (Å²) in [6, 6.07) is 7.28. The zero-order valence-corrected chi connectivity index (χ0v) is 8.92. The Morgan fingerprint density at radius 3 is 2.50 bits per heavy atom. The van der Waals surface area contributed by atoms with Crippen LogP contribution in [0, 0.1) is 0 Å². The summed E-state index contributed by atoms with van der Waals surface area (Å²) in [6.45, 7) is 2.06. The van der Waals surface area contributed by atoms with Crippen LogP contribution < -0.4 is 0 Å². The molecule has 0 aliphatic heterocycles. The molecule has 0 saturated carbocycles. The van der Waals surface area contributed by atoms with E-state index >= 15 is 0 Å². The molecule has 0 aliphatic carbocycles. The normalized spacial score (nSPS) is 11.6. The van der Waals surface area contributed by atoms with E-state index in [-0.39, 0.29) is 5.75 Å². The van der Waals surface area contributed by atoms with Crippen LogP contribution in [-0.2, 0) is 22.3 Å². The van der Waals surface area contributed by atoms with Crippen LogP contribution in [0.4, 0.5) is 0 Å². The van der Waals surface area contributed by atoms with Crippen LogP contribution in [0.3, 0.4) is 0 Å². The van der Waals surface area contributed by atoms with Gasteiger partial charge in [-0.15, -0.1) is 0 Å². The van der Waals surface area contributed by atoms with Crippen LogP contribution in [0.15, 0.2) is 24.3 Å². The Bertz CT molecular complexity index is 396. The van der Waals surface area contributed by atoms with Crippen LogP contribution in [-0.4, -0.2) is 13.0 Å². The Balaban J connectivity index is 2.83. The highest BCUT2D eigenvalue weighted by Crippen LogP contribution is 2.10. The van der Waals surface area contributed by atoms with Gasteiger partial charge in [0.05, 0.1) is 0 Å². The van der Waals surface area contributed by atoms with E-state index in [1.807, 2.05) is 18.2 Å². The summed E-state index contributed by atoms with van der Waals surface area (Å²) >= 11 is 0. The predicted octanol–water partition coefficient (Wildman–Crippen LogP) is 2.03. The molecule has 0 aromatic heterocycles. The number of aryl methyl sites for hydroxylation is 1. The highest BCUT2D eigenvalue weighted by molar-refractivity contribution is 7.85. The van der Waals surface area contributed by atoms with Gasteiger partial charge < -0.3 is 0 Å². The van der Waals surface area contributed by atoms with E-state index in [4.69, 9.17) is 4.55 Å². The van der Waals surface area contributed by atoms with Gasteiger partial charge in [0.15, 0.2) is 0 Å². The highest BCUT2D eigenvalue weighted by Gasteiger charge is 2.06. The van der Waals surface area contributed by atoms with E-state index in [9.17, 15) is 8.42 Å². The molecule has 0 unspecified atom stereocenters. The lowest BCUT2D eigenvalue weighted by Gasteiger charge is -2.02. The quantitative estimate of drug-likeness (QED) is 0.780. The summed E-state index contributed by atoms with van der Waals surface area (Å²) < 4.78 is 29.9. The molecule has 0 fully saturated rings. The lowest BCUT2D eigenvalue weighted by molar-refractivity contribution is 0.482. The zero-order chi connectivity index (χ0) is 10.6. The Hall–Kier alpha value is -0.870. The van der Waals surface area contributed by atoms with Crippen molar-refractivity contribution >= 4 is 10.1 Å². The monoisotopic (exact) mass is 214 g/mol. The standard InChI is InChI=1S/C10H14O3S/c1-2-4-9-5-3-6-10(7-9)8-14(11,12)13/h3,5-7H,2,4,8H2,1H3,(H,11,12,13). The maximum Gasteiger partial charge on any atom is 0.269 e. The van der Waals surface area contributed by atoms with Crippen molar-refractivity contribution in [1.29, 1.82) is 0 Å². The van der Waals surface area contributed by atoms with Gasteiger partial charge in [-0.2, -0.15) is 8.42 Å². The Kier molecular flexibility index (Phi) is 3.66. The van der Waals surface area contributed by atoms with Crippen molar-refractivity contribution in [1.82, 2.24) is 0 Å². The number of rotatable bonds is 4. The van der Waals surface area contributed by atoms with E-state index in [2.05, 4.69) is 6.92 Å². The van der Waals surface area contributed by atoms with Gasteiger partial charge in [0.1, 0.15) is 5.75 Å². The van der Waals surface area contributed by atoms with E-state index in [0.717, 1.165) is 18.4 Å². The van der Waals surface area contributed by atoms with Crippen molar-refractivity contribution < 1.29 is 13.0 Å². The SMILES string of the molecule is CCCc1cccc(CS(=O)(=O)O)c1. The van der Waals surface area contributed by atoms with Gasteiger partial charge >= 0.3 is 0 Å². The summed E-state index contributed by atoms with van der Waals surface area (Å²) in [5.41, 5.74) is 1.74. The molecule has 0 radical (unpaired) electrons. The van der Waals surface area contributed by atoms with Gasteiger partial charge in [-0.3, -0.25) is 4.55 Å². The summed E-state index contributed by atoms with van der Waals surface area (Å²) in [4.78, 5) is 0. The number of hydrogen-bond donors (Lipinski definition) is 1. The van der Waals surface area contributed by atoms with Crippen molar-refractivity contribution in [3.05, 3.63) is 35.4 Å². The molecule has 0 bridgehead atoms. The number of benzene rings is 1. The Morgan fingerprint density at radius 2 is 1.93 bits per heavy atom. The smallest absolute Gasteiger partial charge is 0.269 e.